The summed E-state index contributed by atoms with van der Waals surface area (Å²) in [6, 6.07) is 2.03. The molecule has 1 aliphatic rings. The largest absolute Gasteiger partial charge is 0.384 e. The molecule has 0 amide bonds. The summed E-state index contributed by atoms with van der Waals surface area (Å²) in [6.07, 6.45) is 3.77. The van der Waals surface area contributed by atoms with E-state index in [-0.39, 0.29) is 0 Å². The monoisotopic (exact) mass is 194 g/mol. The van der Waals surface area contributed by atoms with Crippen molar-refractivity contribution in [2.75, 3.05) is 11.9 Å². The fraction of sp³-hybridized carbons (Fsp3) is 0.583. The van der Waals surface area contributed by atoms with Gasteiger partial charge >= 0.3 is 0 Å². The van der Waals surface area contributed by atoms with Crippen LogP contribution in [0, 0.1) is 0 Å². The zero-order chi connectivity index (χ0) is 11.0. The fourth-order valence-electron chi connectivity index (χ4n) is 1.33. The van der Waals surface area contributed by atoms with E-state index in [1.165, 1.54) is 11.3 Å². The number of hydrogen-bond acceptors (Lipinski definition) is 2. The van der Waals surface area contributed by atoms with E-state index >= 15 is 0 Å². The molecule has 1 aromatic rings. The van der Waals surface area contributed by atoms with Gasteiger partial charge in [-0.15, -0.1) is 0 Å². The first-order valence-electron chi connectivity index (χ1n) is 5.55. The Morgan fingerprint density at radius 2 is 1.93 bits per heavy atom. The number of anilines is 1. The molecule has 0 saturated carbocycles. The number of fused-ring (bicyclic) bond motifs is 1. The summed E-state index contributed by atoms with van der Waals surface area (Å²) in [5.74, 6) is 0.628. The third-order valence-electron chi connectivity index (χ3n) is 1.98. The predicted octanol–water partition coefficient (Wildman–Crippen LogP) is 3.66. The highest BCUT2D eigenvalue weighted by Crippen LogP contribution is 2.28. The molecule has 1 unspecified atom stereocenters. The van der Waals surface area contributed by atoms with Crippen molar-refractivity contribution >= 4 is 5.69 Å². The summed E-state index contributed by atoms with van der Waals surface area (Å²) in [6.45, 7) is 11.3. The van der Waals surface area contributed by atoms with Crippen LogP contribution < -0.4 is 5.32 Å². The molecule has 0 radical (unpaired) electrons. The predicted molar refractivity (Wildman–Crippen MR) is 63.8 cm³/mol. The van der Waals surface area contributed by atoms with E-state index in [9.17, 15) is 0 Å². The van der Waals surface area contributed by atoms with Gasteiger partial charge in [0.1, 0.15) is 0 Å². The maximum atomic E-state index is 4.07. The van der Waals surface area contributed by atoms with Gasteiger partial charge in [-0.3, -0.25) is 4.98 Å². The van der Waals surface area contributed by atoms with Gasteiger partial charge in [0, 0.05) is 30.5 Å². The van der Waals surface area contributed by atoms with Crippen molar-refractivity contribution in [1.82, 2.24) is 4.98 Å². The van der Waals surface area contributed by atoms with Gasteiger partial charge in [0.05, 0.1) is 0 Å². The molecule has 0 fully saturated rings. The Morgan fingerprint density at radius 1 is 1.29 bits per heavy atom. The second-order valence-electron chi connectivity index (χ2n) is 2.74. The Hall–Kier alpha value is -1.05. The summed E-state index contributed by atoms with van der Waals surface area (Å²) in [4.78, 5) is 4.07. The smallest absolute Gasteiger partial charge is 0.0407 e. The number of hydrogen-bond donors (Lipinski definition) is 1. The van der Waals surface area contributed by atoms with Crippen molar-refractivity contribution in [2.24, 2.45) is 0 Å². The lowest BCUT2D eigenvalue weighted by Gasteiger charge is -1.98. The van der Waals surface area contributed by atoms with Gasteiger partial charge in [0.15, 0.2) is 0 Å². The van der Waals surface area contributed by atoms with E-state index in [0.29, 0.717) is 5.92 Å². The standard InChI is InChI=1S/C8H10N2.2C2H6/c1-6-4-10-8-2-3-9-5-7(6)8;2*1-2/h2-3,5-6,10H,4H2,1H3;2*1-2H3. The van der Waals surface area contributed by atoms with Crippen LogP contribution in [0.1, 0.15) is 46.1 Å². The second kappa shape index (κ2) is 7.36. The lowest BCUT2D eigenvalue weighted by atomic mass is 10.1. The van der Waals surface area contributed by atoms with Crippen LogP contribution in [0.5, 0.6) is 0 Å². The molecule has 80 valence electrons. The Balaban J connectivity index is 0.000000379. The molecule has 0 spiro atoms. The molecule has 1 aliphatic heterocycles. The number of aromatic nitrogens is 1. The molecule has 2 nitrogen and oxygen atoms in total. The van der Waals surface area contributed by atoms with Crippen LogP contribution >= 0.6 is 0 Å². The number of rotatable bonds is 0. The van der Waals surface area contributed by atoms with Gasteiger partial charge in [0.2, 0.25) is 0 Å². The summed E-state index contributed by atoms with van der Waals surface area (Å²) < 4.78 is 0. The van der Waals surface area contributed by atoms with E-state index in [1.54, 1.807) is 0 Å². The minimum absolute atomic E-state index is 0.628. The Kier molecular flexibility index (Phi) is 6.81. The van der Waals surface area contributed by atoms with Crippen molar-refractivity contribution in [3.63, 3.8) is 0 Å². The van der Waals surface area contributed by atoms with Crippen LogP contribution in [-0.4, -0.2) is 11.5 Å². The molecular formula is C12H22N2. The molecule has 2 rings (SSSR count). The van der Waals surface area contributed by atoms with Crippen LogP contribution in [0.15, 0.2) is 18.5 Å². The molecule has 1 atom stereocenters. The third kappa shape index (κ3) is 3.02. The average molecular weight is 194 g/mol. The van der Waals surface area contributed by atoms with Crippen molar-refractivity contribution in [1.29, 1.82) is 0 Å². The van der Waals surface area contributed by atoms with Crippen molar-refractivity contribution in [3.05, 3.63) is 24.0 Å². The van der Waals surface area contributed by atoms with E-state index in [4.69, 9.17) is 0 Å². The average Bonchev–Trinajstić information content (AvgIpc) is 2.67. The van der Waals surface area contributed by atoms with Crippen LogP contribution in [-0.2, 0) is 0 Å². The van der Waals surface area contributed by atoms with Gasteiger partial charge in [-0.2, -0.15) is 0 Å². The molecule has 1 N–H and O–H groups in total. The van der Waals surface area contributed by atoms with Gasteiger partial charge in [-0.05, 0) is 11.6 Å². The molecular weight excluding hydrogens is 172 g/mol. The van der Waals surface area contributed by atoms with Crippen LogP contribution in [0.4, 0.5) is 5.69 Å². The lowest BCUT2D eigenvalue weighted by molar-refractivity contribution is 0.849. The molecule has 14 heavy (non-hydrogen) atoms. The quantitative estimate of drug-likeness (QED) is 0.681. The van der Waals surface area contributed by atoms with Gasteiger partial charge in [-0.1, -0.05) is 34.6 Å². The third-order valence-corrected chi connectivity index (χ3v) is 1.98. The minimum Gasteiger partial charge on any atom is -0.384 e. The molecule has 2 heterocycles. The summed E-state index contributed by atoms with van der Waals surface area (Å²) >= 11 is 0. The summed E-state index contributed by atoms with van der Waals surface area (Å²) in [7, 11) is 0. The SMILES string of the molecule is CC.CC.CC1CNc2ccncc21. The fourth-order valence-corrected chi connectivity index (χ4v) is 1.33. The zero-order valence-electron chi connectivity index (χ0n) is 9.96. The summed E-state index contributed by atoms with van der Waals surface area (Å²) in [5.41, 5.74) is 2.60. The van der Waals surface area contributed by atoms with E-state index in [0.717, 1.165) is 6.54 Å². The van der Waals surface area contributed by atoms with Crippen LogP contribution in [0.2, 0.25) is 0 Å². The maximum absolute atomic E-state index is 4.07. The maximum Gasteiger partial charge on any atom is 0.0407 e. The Bertz CT molecular complexity index is 246. The van der Waals surface area contributed by atoms with E-state index in [2.05, 4.69) is 17.2 Å². The second-order valence-corrected chi connectivity index (χ2v) is 2.74. The molecule has 1 aromatic heterocycles. The van der Waals surface area contributed by atoms with Crippen molar-refractivity contribution in [3.8, 4) is 0 Å². The van der Waals surface area contributed by atoms with Crippen LogP contribution in [0.25, 0.3) is 0 Å². The number of pyridine rings is 1. The first-order valence-corrected chi connectivity index (χ1v) is 5.55. The van der Waals surface area contributed by atoms with Crippen molar-refractivity contribution < 1.29 is 0 Å². The molecule has 2 heteroatoms. The van der Waals surface area contributed by atoms with Gasteiger partial charge < -0.3 is 5.32 Å². The highest BCUT2D eigenvalue weighted by atomic mass is 14.9. The van der Waals surface area contributed by atoms with Gasteiger partial charge in [0.25, 0.3) is 0 Å². The van der Waals surface area contributed by atoms with Gasteiger partial charge in [-0.25, -0.2) is 0 Å². The topological polar surface area (TPSA) is 24.9 Å². The highest BCUT2D eigenvalue weighted by molar-refractivity contribution is 5.55. The summed E-state index contributed by atoms with van der Waals surface area (Å²) in [5, 5.41) is 3.31. The number of nitrogens with one attached hydrogen (secondary N) is 1. The Morgan fingerprint density at radius 3 is 2.50 bits per heavy atom. The molecule has 0 bridgehead atoms. The Labute approximate surface area is 87.8 Å². The zero-order valence-corrected chi connectivity index (χ0v) is 9.96. The van der Waals surface area contributed by atoms with Crippen molar-refractivity contribution in [2.45, 2.75) is 40.5 Å². The minimum atomic E-state index is 0.628. The molecule has 0 aliphatic carbocycles. The lowest BCUT2D eigenvalue weighted by Crippen LogP contribution is -1.95. The number of nitrogens with zero attached hydrogens (tertiary/aromatic N) is 1. The van der Waals surface area contributed by atoms with Crippen LogP contribution in [0.3, 0.4) is 0 Å². The first kappa shape index (κ1) is 12.9. The molecule has 0 aromatic carbocycles. The van der Waals surface area contributed by atoms with E-state index < -0.39 is 0 Å². The normalized spacial score (nSPS) is 16.5. The van der Waals surface area contributed by atoms with E-state index in [1.807, 2.05) is 46.2 Å². The first-order chi connectivity index (χ1) is 6.88. The highest BCUT2D eigenvalue weighted by Gasteiger charge is 2.16. The molecule has 0 saturated heterocycles.